The molecule has 0 aliphatic carbocycles. The number of benzene rings is 1. The summed E-state index contributed by atoms with van der Waals surface area (Å²) in [7, 11) is 0. The minimum atomic E-state index is -0.760. The van der Waals surface area contributed by atoms with Crippen molar-refractivity contribution >= 4 is 17.3 Å². The molecule has 1 aromatic rings. The molecule has 0 saturated carbocycles. The highest BCUT2D eigenvalue weighted by Crippen LogP contribution is 2.26. The first kappa shape index (κ1) is 13.4. The standard InChI is InChI=1S/C11H12FN3O4/c12-6-1-2-9(10(3-6)15(17)18)14-11(16)7-4-19-5-8(7)13/h1-3,7-8H,4-5,13H2,(H,14,16). The van der Waals surface area contributed by atoms with Gasteiger partial charge in [0.25, 0.3) is 5.69 Å². The van der Waals surface area contributed by atoms with Gasteiger partial charge in [-0.25, -0.2) is 4.39 Å². The van der Waals surface area contributed by atoms with Gasteiger partial charge in [0, 0.05) is 6.04 Å². The van der Waals surface area contributed by atoms with Crippen molar-refractivity contribution in [3.8, 4) is 0 Å². The Morgan fingerprint density at radius 3 is 2.84 bits per heavy atom. The highest BCUT2D eigenvalue weighted by atomic mass is 19.1. The smallest absolute Gasteiger partial charge is 0.295 e. The Bertz CT molecular complexity index is 523. The average Bonchev–Trinajstić information content (AvgIpc) is 2.77. The Morgan fingerprint density at radius 2 is 2.26 bits per heavy atom. The molecule has 0 bridgehead atoms. The van der Waals surface area contributed by atoms with Gasteiger partial charge in [-0.15, -0.1) is 0 Å². The summed E-state index contributed by atoms with van der Waals surface area (Å²) in [5.74, 6) is -1.78. The molecule has 0 radical (unpaired) electrons. The minimum Gasteiger partial charge on any atom is -0.379 e. The summed E-state index contributed by atoms with van der Waals surface area (Å²) < 4.78 is 18.0. The molecular weight excluding hydrogens is 257 g/mol. The van der Waals surface area contributed by atoms with Crippen molar-refractivity contribution in [1.29, 1.82) is 0 Å². The number of nitrogens with zero attached hydrogens (tertiary/aromatic N) is 1. The first-order valence-corrected chi connectivity index (χ1v) is 5.57. The molecule has 1 heterocycles. The number of nitrogens with two attached hydrogens (primary N) is 1. The van der Waals surface area contributed by atoms with E-state index in [0.717, 1.165) is 18.2 Å². The first-order chi connectivity index (χ1) is 8.99. The van der Waals surface area contributed by atoms with Crippen LogP contribution in [0.2, 0.25) is 0 Å². The quantitative estimate of drug-likeness (QED) is 0.618. The first-order valence-electron chi connectivity index (χ1n) is 5.57. The number of anilines is 1. The molecule has 1 amide bonds. The maximum atomic E-state index is 13.0. The normalized spacial score (nSPS) is 22.2. The maximum absolute atomic E-state index is 13.0. The van der Waals surface area contributed by atoms with E-state index in [1.54, 1.807) is 0 Å². The summed E-state index contributed by atoms with van der Waals surface area (Å²) in [4.78, 5) is 21.9. The molecule has 8 heteroatoms. The van der Waals surface area contributed by atoms with Crippen LogP contribution in [0.4, 0.5) is 15.8 Å². The minimum absolute atomic E-state index is 0.0597. The largest absolute Gasteiger partial charge is 0.379 e. The summed E-state index contributed by atoms with van der Waals surface area (Å²) >= 11 is 0. The third-order valence-corrected chi connectivity index (χ3v) is 2.88. The molecule has 3 N–H and O–H groups in total. The summed E-state index contributed by atoms with van der Waals surface area (Å²) in [5, 5.41) is 13.2. The van der Waals surface area contributed by atoms with Gasteiger partial charge < -0.3 is 15.8 Å². The van der Waals surface area contributed by atoms with Crippen molar-refractivity contribution < 1.29 is 18.8 Å². The van der Waals surface area contributed by atoms with Gasteiger partial charge in [0.05, 0.1) is 30.1 Å². The Balaban J connectivity index is 2.19. The second-order valence-electron chi connectivity index (χ2n) is 4.22. The van der Waals surface area contributed by atoms with Gasteiger partial charge in [-0.3, -0.25) is 14.9 Å². The molecule has 0 aromatic heterocycles. The SMILES string of the molecule is NC1COCC1C(=O)Nc1ccc(F)cc1[N+](=O)[O-]. The van der Waals surface area contributed by atoms with E-state index in [1.807, 2.05) is 0 Å². The fourth-order valence-electron chi connectivity index (χ4n) is 1.83. The van der Waals surface area contributed by atoms with Crippen LogP contribution in [0.15, 0.2) is 18.2 Å². The number of rotatable bonds is 3. The molecule has 1 aromatic carbocycles. The van der Waals surface area contributed by atoms with Crippen molar-refractivity contribution in [2.45, 2.75) is 6.04 Å². The molecule has 2 atom stereocenters. The molecule has 19 heavy (non-hydrogen) atoms. The van der Waals surface area contributed by atoms with Gasteiger partial charge in [-0.05, 0) is 12.1 Å². The zero-order chi connectivity index (χ0) is 14.0. The molecule has 102 valence electrons. The molecule has 1 aliphatic rings. The lowest BCUT2D eigenvalue weighted by molar-refractivity contribution is -0.384. The van der Waals surface area contributed by atoms with Crippen LogP contribution >= 0.6 is 0 Å². The molecule has 1 saturated heterocycles. The summed E-state index contributed by atoms with van der Waals surface area (Å²) in [5.41, 5.74) is 5.12. The van der Waals surface area contributed by atoms with E-state index in [9.17, 15) is 19.3 Å². The molecule has 1 aliphatic heterocycles. The van der Waals surface area contributed by atoms with Gasteiger partial charge in [0.2, 0.25) is 5.91 Å². The van der Waals surface area contributed by atoms with Crippen LogP contribution in [0, 0.1) is 21.8 Å². The van der Waals surface area contributed by atoms with E-state index in [-0.39, 0.29) is 18.9 Å². The third kappa shape index (κ3) is 2.85. The number of nitro benzene ring substituents is 1. The van der Waals surface area contributed by atoms with E-state index < -0.39 is 34.3 Å². The fourth-order valence-corrected chi connectivity index (χ4v) is 1.83. The van der Waals surface area contributed by atoms with Crippen molar-refractivity contribution in [2.24, 2.45) is 11.7 Å². The maximum Gasteiger partial charge on any atom is 0.295 e. The lowest BCUT2D eigenvalue weighted by Crippen LogP contribution is -2.37. The number of amides is 1. The number of ether oxygens (including phenoxy) is 1. The number of nitro groups is 1. The van der Waals surface area contributed by atoms with Crippen LogP contribution in [0.5, 0.6) is 0 Å². The fraction of sp³-hybridized carbons (Fsp3) is 0.364. The van der Waals surface area contributed by atoms with Crippen LogP contribution in [-0.4, -0.2) is 30.1 Å². The van der Waals surface area contributed by atoms with Crippen molar-refractivity contribution in [3.05, 3.63) is 34.1 Å². The number of hydrogen-bond acceptors (Lipinski definition) is 5. The van der Waals surface area contributed by atoms with Crippen LogP contribution in [0.1, 0.15) is 0 Å². The summed E-state index contributed by atoms with van der Waals surface area (Å²) in [6.45, 7) is 0.436. The molecule has 2 unspecified atom stereocenters. The Kier molecular flexibility index (Phi) is 3.72. The van der Waals surface area contributed by atoms with Crippen LogP contribution in [0.25, 0.3) is 0 Å². The lowest BCUT2D eigenvalue weighted by Gasteiger charge is -2.13. The van der Waals surface area contributed by atoms with E-state index >= 15 is 0 Å². The van der Waals surface area contributed by atoms with E-state index in [4.69, 9.17) is 10.5 Å². The highest BCUT2D eigenvalue weighted by molar-refractivity contribution is 5.95. The van der Waals surface area contributed by atoms with E-state index in [0.29, 0.717) is 0 Å². The number of hydrogen-bond donors (Lipinski definition) is 2. The number of nitrogens with one attached hydrogen (secondary N) is 1. The molecular formula is C11H12FN3O4. The lowest BCUT2D eigenvalue weighted by atomic mass is 10.0. The average molecular weight is 269 g/mol. The predicted octanol–water partition coefficient (Wildman–Crippen LogP) is 0.646. The van der Waals surface area contributed by atoms with Gasteiger partial charge in [-0.1, -0.05) is 0 Å². The van der Waals surface area contributed by atoms with Gasteiger partial charge in [0.1, 0.15) is 11.5 Å². The highest BCUT2D eigenvalue weighted by Gasteiger charge is 2.32. The second kappa shape index (κ2) is 5.29. The molecule has 7 nitrogen and oxygen atoms in total. The van der Waals surface area contributed by atoms with Crippen molar-refractivity contribution in [3.63, 3.8) is 0 Å². The van der Waals surface area contributed by atoms with Crippen molar-refractivity contribution in [2.75, 3.05) is 18.5 Å². The predicted molar refractivity (Wildman–Crippen MR) is 64.0 cm³/mol. The van der Waals surface area contributed by atoms with Crippen LogP contribution in [0.3, 0.4) is 0 Å². The second-order valence-corrected chi connectivity index (χ2v) is 4.22. The number of carbonyl (C=O) groups excluding carboxylic acids is 1. The van der Waals surface area contributed by atoms with Crippen LogP contribution in [-0.2, 0) is 9.53 Å². The van der Waals surface area contributed by atoms with Crippen molar-refractivity contribution in [1.82, 2.24) is 0 Å². The number of halogens is 1. The number of carbonyl (C=O) groups is 1. The molecule has 2 rings (SSSR count). The zero-order valence-electron chi connectivity index (χ0n) is 9.84. The third-order valence-electron chi connectivity index (χ3n) is 2.88. The zero-order valence-corrected chi connectivity index (χ0v) is 9.84. The van der Waals surface area contributed by atoms with E-state index in [2.05, 4.69) is 5.32 Å². The van der Waals surface area contributed by atoms with E-state index in [1.165, 1.54) is 0 Å². The van der Waals surface area contributed by atoms with Gasteiger partial charge in [0.15, 0.2) is 0 Å². The Hall–Kier alpha value is -2.06. The van der Waals surface area contributed by atoms with Gasteiger partial charge in [-0.2, -0.15) is 0 Å². The topological polar surface area (TPSA) is 107 Å². The van der Waals surface area contributed by atoms with Crippen LogP contribution < -0.4 is 11.1 Å². The Labute approximate surface area is 107 Å². The summed E-state index contributed by atoms with van der Waals surface area (Å²) in [6, 6.07) is 2.49. The molecule has 0 spiro atoms. The summed E-state index contributed by atoms with van der Waals surface area (Å²) in [6.07, 6.45) is 0. The Morgan fingerprint density at radius 1 is 1.53 bits per heavy atom. The van der Waals surface area contributed by atoms with Gasteiger partial charge >= 0.3 is 0 Å². The monoisotopic (exact) mass is 269 g/mol. The molecule has 1 fully saturated rings.